The van der Waals surface area contributed by atoms with Gasteiger partial charge in [0.25, 0.3) is 0 Å². The van der Waals surface area contributed by atoms with Gasteiger partial charge in [0, 0.05) is 11.9 Å². The molecule has 4 aliphatic heterocycles. The molecule has 0 aromatic heterocycles. The molecule has 0 N–H and O–H groups in total. The van der Waals surface area contributed by atoms with Gasteiger partial charge in [-0.2, -0.15) is 36.4 Å². The van der Waals surface area contributed by atoms with Crippen molar-refractivity contribution >= 4 is 11.9 Å². The Bertz CT molecular complexity index is 618. The van der Waals surface area contributed by atoms with E-state index in [0.717, 1.165) is 38.1 Å². The maximum absolute atomic E-state index is 4.33. The van der Waals surface area contributed by atoms with E-state index >= 15 is 0 Å². The fraction of sp³-hybridized carbons (Fsp3) is 0.500. The minimum Gasteiger partial charge on any atom is -0.426 e. The largest absolute Gasteiger partial charge is 2.00 e. The quantitative estimate of drug-likeness (QED) is 0.384. The molecule has 0 bridgehead atoms. The van der Waals surface area contributed by atoms with Gasteiger partial charge in [0.2, 0.25) is 0 Å². The normalized spacial score (nSPS) is 18.0. The van der Waals surface area contributed by atoms with Crippen molar-refractivity contribution in [1.29, 1.82) is 0 Å². The van der Waals surface area contributed by atoms with Crippen LogP contribution in [-0.4, -0.2) is 74.1 Å². The van der Waals surface area contributed by atoms with E-state index in [2.05, 4.69) is 30.4 Å². The molecule has 0 saturated carbocycles. The van der Waals surface area contributed by atoms with Crippen molar-refractivity contribution in [3.05, 3.63) is 71.3 Å². The van der Waals surface area contributed by atoms with E-state index in [-0.39, 0.29) is 34.1 Å². The Morgan fingerprint density at radius 1 is 0.594 bits per heavy atom. The van der Waals surface area contributed by atoms with Crippen LogP contribution in [0.1, 0.15) is 25.7 Å². The van der Waals surface area contributed by atoms with Crippen molar-refractivity contribution in [1.82, 2.24) is 9.80 Å². The molecule has 6 rings (SSSR count). The first-order valence-electron chi connectivity index (χ1n) is 11.2. The zero-order valence-corrected chi connectivity index (χ0v) is 21.1. The summed E-state index contributed by atoms with van der Waals surface area (Å²) in [5.74, 6) is 2.02. The third-order valence-corrected chi connectivity index (χ3v) is 5.03. The van der Waals surface area contributed by atoms with E-state index in [1.165, 1.54) is 51.9 Å². The average molecular weight is 516 g/mol. The average Bonchev–Trinajstić information content (AvgIpc) is 3.59. The third kappa shape index (κ3) is 10.7. The topological polar surface area (TPSA) is 59.4 Å². The Balaban J connectivity index is 0.000000219. The smallest absolute Gasteiger partial charge is 0.426 e. The molecule has 6 nitrogen and oxygen atoms in total. The summed E-state index contributed by atoms with van der Waals surface area (Å²) in [6.07, 6.45) is 4.83. The predicted molar refractivity (Wildman–Crippen MR) is 127 cm³/mol. The fourth-order valence-electron chi connectivity index (χ4n) is 3.53. The van der Waals surface area contributed by atoms with Crippen molar-refractivity contribution in [2.45, 2.75) is 25.7 Å². The van der Waals surface area contributed by atoms with E-state index in [9.17, 15) is 0 Å². The van der Waals surface area contributed by atoms with Crippen molar-refractivity contribution in [2.24, 2.45) is 9.98 Å². The van der Waals surface area contributed by atoms with Gasteiger partial charge in [-0.3, -0.25) is 0 Å². The standard InChI is InChI=1S/2C7H12N3.2C5H5.2Mn/c2*1-3-8-7-9-4-2-6-10(7)5-1;2*1-2-4-5-3-1;;/h2*1-6H2;2*1-5H;;/q4*-1;2*+2. The minimum atomic E-state index is 0. The first-order chi connectivity index (χ1) is 14.9. The van der Waals surface area contributed by atoms with Crippen LogP contribution < -0.4 is 0 Å². The summed E-state index contributed by atoms with van der Waals surface area (Å²) in [7, 11) is 0. The Hall–Kier alpha value is -1.72. The zero-order chi connectivity index (χ0) is 20.7. The molecule has 174 valence electrons. The SMILES string of the molecule is C1CN=C2[N-]CCCN2C1.C1CN=C2[N-]CCCN2C1.[Mn+2].[Mn+2].c1cc[cH-]c1.c1cc[cH-]c1. The van der Waals surface area contributed by atoms with Crippen molar-refractivity contribution in [3.8, 4) is 0 Å². The number of fused-ring (bicyclic) bond motifs is 2. The second kappa shape index (κ2) is 17.8. The van der Waals surface area contributed by atoms with Crippen molar-refractivity contribution in [2.75, 3.05) is 52.4 Å². The van der Waals surface area contributed by atoms with Gasteiger partial charge in [-0.05, 0) is 78.0 Å². The van der Waals surface area contributed by atoms with Crippen LogP contribution in [0.3, 0.4) is 0 Å². The summed E-state index contributed by atoms with van der Waals surface area (Å²) in [5, 5.41) is 8.65. The Labute approximate surface area is 214 Å². The summed E-state index contributed by atoms with van der Waals surface area (Å²) in [4.78, 5) is 13.2. The fourth-order valence-corrected chi connectivity index (χ4v) is 3.53. The third-order valence-electron chi connectivity index (χ3n) is 5.03. The molecular weight excluding hydrogens is 482 g/mol. The number of hydrogen-bond donors (Lipinski definition) is 0. The number of hydrogen-bond acceptors (Lipinski definition) is 4. The molecular formula is C24H34Mn2N6. The van der Waals surface area contributed by atoms with Gasteiger partial charge in [-0.25, -0.2) is 24.3 Å². The Morgan fingerprint density at radius 3 is 1.28 bits per heavy atom. The van der Waals surface area contributed by atoms with E-state index < -0.39 is 0 Å². The molecule has 32 heavy (non-hydrogen) atoms. The predicted octanol–water partition coefficient (Wildman–Crippen LogP) is 4.46. The first-order valence-corrected chi connectivity index (χ1v) is 11.2. The van der Waals surface area contributed by atoms with Crippen LogP contribution in [0, 0.1) is 0 Å². The van der Waals surface area contributed by atoms with Gasteiger partial charge in [-0.15, -0.1) is 0 Å². The van der Waals surface area contributed by atoms with Crippen LogP contribution in [0.5, 0.6) is 0 Å². The maximum atomic E-state index is 4.33. The van der Waals surface area contributed by atoms with E-state index in [1.807, 2.05) is 60.7 Å². The maximum Gasteiger partial charge on any atom is 2.00 e. The Morgan fingerprint density at radius 2 is 0.969 bits per heavy atom. The summed E-state index contributed by atoms with van der Waals surface area (Å²) in [5.41, 5.74) is 0. The van der Waals surface area contributed by atoms with Crippen LogP contribution >= 0.6 is 0 Å². The van der Waals surface area contributed by atoms with Gasteiger partial charge in [-0.1, -0.05) is 0 Å². The van der Waals surface area contributed by atoms with Gasteiger partial charge < -0.3 is 30.4 Å². The first kappa shape index (κ1) is 28.3. The van der Waals surface area contributed by atoms with E-state index in [1.54, 1.807) is 0 Å². The summed E-state index contributed by atoms with van der Waals surface area (Å²) in [6.45, 7) is 8.60. The number of rotatable bonds is 0. The van der Waals surface area contributed by atoms with Crippen LogP contribution in [0.25, 0.3) is 10.6 Å². The van der Waals surface area contributed by atoms with Crippen LogP contribution in [0.2, 0.25) is 0 Å². The number of aliphatic imine (C=N–C) groups is 2. The Kier molecular flexibility index (Phi) is 15.7. The molecule has 2 saturated heterocycles. The summed E-state index contributed by atoms with van der Waals surface area (Å²) in [6, 6.07) is 20.0. The van der Waals surface area contributed by atoms with Crippen molar-refractivity contribution in [3.63, 3.8) is 0 Å². The molecule has 4 heterocycles. The second-order valence-corrected chi connectivity index (χ2v) is 7.44. The van der Waals surface area contributed by atoms with Gasteiger partial charge in [0.05, 0.1) is 0 Å². The van der Waals surface area contributed by atoms with Crippen LogP contribution in [0.15, 0.2) is 70.6 Å². The molecule has 0 unspecified atom stereocenters. The van der Waals surface area contributed by atoms with Crippen molar-refractivity contribution < 1.29 is 34.1 Å². The minimum absolute atomic E-state index is 0. The monoisotopic (exact) mass is 516 g/mol. The number of guanidine groups is 2. The molecule has 0 amide bonds. The van der Waals surface area contributed by atoms with E-state index in [0.29, 0.717) is 0 Å². The number of nitrogens with zero attached hydrogens (tertiary/aromatic N) is 6. The molecule has 2 aromatic carbocycles. The van der Waals surface area contributed by atoms with Gasteiger partial charge in [0.15, 0.2) is 0 Å². The molecule has 0 spiro atoms. The molecule has 0 atom stereocenters. The molecule has 4 aliphatic rings. The zero-order valence-electron chi connectivity index (χ0n) is 18.7. The molecule has 0 aliphatic carbocycles. The molecule has 8 heteroatoms. The van der Waals surface area contributed by atoms with Crippen LogP contribution in [-0.2, 0) is 34.1 Å². The van der Waals surface area contributed by atoms with Crippen LogP contribution in [0.4, 0.5) is 0 Å². The second-order valence-electron chi connectivity index (χ2n) is 7.44. The summed E-state index contributed by atoms with van der Waals surface area (Å²) >= 11 is 0. The van der Waals surface area contributed by atoms with E-state index in [4.69, 9.17) is 0 Å². The molecule has 2 aromatic rings. The molecule has 2 radical (unpaired) electrons. The molecule has 2 fully saturated rings. The van der Waals surface area contributed by atoms with Gasteiger partial charge >= 0.3 is 34.1 Å². The van der Waals surface area contributed by atoms with Gasteiger partial charge in [0.1, 0.15) is 0 Å². The summed E-state index contributed by atoms with van der Waals surface area (Å²) < 4.78 is 0.